The molecule has 0 unspecified atom stereocenters. The number of rotatable bonds is 7. The average molecular weight is 243 g/mol. The quantitative estimate of drug-likeness (QED) is 0.752. The Morgan fingerprint density at radius 2 is 1.61 bits per heavy atom. The van der Waals surface area contributed by atoms with Crippen molar-refractivity contribution in [3.05, 3.63) is 42.5 Å². The van der Waals surface area contributed by atoms with E-state index in [0.717, 1.165) is 31.7 Å². The van der Waals surface area contributed by atoms with Crippen molar-refractivity contribution in [2.75, 3.05) is 13.2 Å². The minimum absolute atomic E-state index is 0.790. The molecule has 0 heterocycles. The summed E-state index contributed by atoms with van der Waals surface area (Å²) < 4.78 is 5.87. The second-order valence-corrected chi connectivity index (χ2v) is 4.53. The van der Waals surface area contributed by atoms with Crippen molar-refractivity contribution < 1.29 is 4.74 Å². The van der Waals surface area contributed by atoms with E-state index in [1.807, 2.05) is 12.1 Å². The van der Waals surface area contributed by atoms with Crippen LogP contribution in [0.5, 0.6) is 5.75 Å². The zero-order valence-electron chi connectivity index (χ0n) is 10.8. The average Bonchev–Trinajstić information content (AvgIpc) is 2.43. The monoisotopic (exact) mass is 243 g/mol. The molecule has 0 bridgehead atoms. The predicted octanol–water partition coefficient (Wildman–Crippen LogP) is 3.74. The van der Waals surface area contributed by atoms with Crippen molar-refractivity contribution in [2.24, 2.45) is 5.73 Å². The zero-order chi connectivity index (χ0) is 12.6. The van der Waals surface area contributed by atoms with E-state index in [-0.39, 0.29) is 0 Å². The fraction of sp³-hybridized carbons (Fsp3) is 0.375. The SMILES string of the molecule is NCCCCCCOc1cccc2ccccc12. The van der Waals surface area contributed by atoms with Crippen molar-refractivity contribution in [1.82, 2.24) is 0 Å². The normalized spacial score (nSPS) is 10.7. The maximum absolute atomic E-state index is 5.87. The van der Waals surface area contributed by atoms with Gasteiger partial charge in [0, 0.05) is 5.39 Å². The van der Waals surface area contributed by atoms with Gasteiger partial charge in [-0.15, -0.1) is 0 Å². The first-order valence-corrected chi connectivity index (χ1v) is 6.72. The number of hydrogen-bond acceptors (Lipinski definition) is 2. The maximum Gasteiger partial charge on any atom is 0.127 e. The number of fused-ring (bicyclic) bond motifs is 1. The number of nitrogens with two attached hydrogens (primary N) is 1. The Morgan fingerprint density at radius 1 is 0.833 bits per heavy atom. The second kappa shape index (κ2) is 7.02. The van der Waals surface area contributed by atoms with Crippen molar-refractivity contribution in [3.63, 3.8) is 0 Å². The van der Waals surface area contributed by atoms with Gasteiger partial charge < -0.3 is 10.5 Å². The third-order valence-electron chi connectivity index (χ3n) is 3.11. The molecule has 0 atom stereocenters. The number of unbranched alkanes of at least 4 members (excludes halogenated alkanes) is 3. The van der Waals surface area contributed by atoms with E-state index in [4.69, 9.17) is 10.5 Å². The molecule has 96 valence electrons. The van der Waals surface area contributed by atoms with Gasteiger partial charge in [-0.1, -0.05) is 49.2 Å². The Hall–Kier alpha value is -1.54. The van der Waals surface area contributed by atoms with Crippen LogP contribution in [0.1, 0.15) is 25.7 Å². The molecule has 2 rings (SSSR count). The highest BCUT2D eigenvalue weighted by Crippen LogP contribution is 2.25. The van der Waals surface area contributed by atoms with E-state index < -0.39 is 0 Å². The fourth-order valence-corrected chi connectivity index (χ4v) is 2.10. The van der Waals surface area contributed by atoms with Crippen molar-refractivity contribution in [1.29, 1.82) is 0 Å². The van der Waals surface area contributed by atoms with Gasteiger partial charge in [-0.05, 0) is 30.8 Å². The van der Waals surface area contributed by atoms with Crippen LogP contribution in [0.2, 0.25) is 0 Å². The van der Waals surface area contributed by atoms with Gasteiger partial charge in [-0.2, -0.15) is 0 Å². The highest BCUT2D eigenvalue weighted by molar-refractivity contribution is 5.88. The van der Waals surface area contributed by atoms with Gasteiger partial charge in [0.2, 0.25) is 0 Å². The lowest BCUT2D eigenvalue weighted by molar-refractivity contribution is 0.308. The molecular formula is C16H21NO. The van der Waals surface area contributed by atoms with Gasteiger partial charge in [0.25, 0.3) is 0 Å². The lowest BCUT2D eigenvalue weighted by Gasteiger charge is -2.09. The predicted molar refractivity (Wildman–Crippen MR) is 77.0 cm³/mol. The largest absolute Gasteiger partial charge is 0.493 e. The highest BCUT2D eigenvalue weighted by atomic mass is 16.5. The number of hydrogen-bond donors (Lipinski definition) is 1. The summed E-state index contributed by atoms with van der Waals surface area (Å²) in [5.41, 5.74) is 5.47. The molecule has 0 amide bonds. The number of benzene rings is 2. The summed E-state index contributed by atoms with van der Waals surface area (Å²) in [5, 5.41) is 2.43. The van der Waals surface area contributed by atoms with Crippen LogP contribution in [0.25, 0.3) is 10.8 Å². The van der Waals surface area contributed by atoms with Gasteiger partial charge >= 0.3 is 0 Å². The van der Waals surface area contributed by atoms with Gasteiger partial charge in [0.15, 0.2) is 0 Å². The molecule has 0 aromatic heterocycles. The molecule has 2 N–H and O–H groups in total. The van der Waals surface area contributed by atoms with E-state index in [9.17, 15) is 0 Å². The molecule has 0 fully saturated rings. The minimum Gasteiger partial charge on any atom is -0.493 e. The Labute approximate surface area is 109 Å². The first-order valence-electron chi connectivity index (χ1n) is 6.72. The van der Waals surface area contributed by atoms with Crippen LogP contribution in [0.4, 0.5) is 0 Å². The molecular weight excluding hydrogens is 222 g/mol. The van der Waals surface area contributed by atoms with Crippen LogP contribution in [0, 0.1) is 0 Å². The van der Waals surface area contributed by atoms with Crippen LogP contribution in [0.3, 0.4) is 0 Å². The van der Waals surface area contributed by atoms with E-state index in [2.05, 4.69) is 30.3 Å². The summed E-state index contributed by atoms with van der Waals surface area (Å²) in [6.07, 6.45) is 4.62. The van der Waals surface area contributed by atoms with Crippen LogP contribution < -0.4 is 10.5 Å². The Morgan fingerprint density at radius 3 is 2.50 bits per heavy atom. The Bertz CT molecular complexity index is 476. The first-order chi connectivity index (χ1) is 8.92. The van der Waals surface area contributed by atoms with Crippen molar-refractivity contribution in [3.8, 4) is 5.75 Å². The summed E-state index contributed by atoms with van der Waals surface area (Å²) in [5.74, 6) is 0.993. The molecule has 0 radical (unpaired) electrons. The molecule has 2 aromatic rings. The van der Waals surface area contributed by atoms with Gasteiger partial charge in [0.05, 0.1) is 6.61 Å². The van der Waals surface area contributed by atoms with Gasteiger partial charge in [-0.25, -0.2) is 0 Å². The number of ether oxygens (including phenoxy) is 1. The van der Waals surface area contributed by atoms with Crippen LogP contribution >= 0.6 is 0 Å². The molecule has 0 aliphatic rings. The third-order valence-corrected chi connectivity index (χ3v) is 3.11. The summed E-state index contributed by atoms with van der Waals surface area (Å²) in [6.45, 7) is 1.59. The van der Waals surface area contributed by atoms with E-state index in [1.54, 1.807) is 0 Å². The maximum atomic E-state index is 5.87. The summed E-state index contributed by atoms with van der Waals surface area (Å²) in [7, 11) is 0. The van der Waals surface area contributed by atoms with Gasteiger partial charge in [0.1, 0.15) is 5.75 Å². The minimum atomic E-state index is 0.790. The van der Waals surface area contributed by atoms with Gasteiger partial charge in [-0.3, -0.25) is 0 Å². The van der Waals surface area contributed by atoms with Crippen molar-refractivity contribution >= 4 is 10.8 Å². The topological polar surface area (TPSA) is 35.2 Å². The molecule has 2 heteroatoms. The zero-order valence-corrected chi connectivity index (χ0v) is 10.8. The fourth-order valence-electron chi connectivity index (χ4n) is 2.10. The summed E-state index contributed by atoms with van der Waals surface area (Å²) in [6, 6.07) is 14.5. The van der Waals surface area contributed by atoms with Crippen LogP contribution in [-0.4, -0.2) is 13.2 Å². The second-order valence-electron chi connectivity index (χ2n) is 4.53. The first kappa shape index (κ1) is 12.9. The summed E-state index contributed by atoms with van der Waals surface area (Å²) >= 11 is 0. The van der Waals surface area contributed by atoms with E-state index in [1.165, 1.54) is 23.6 Å². The Balaban J connectivity index is 1.88. The molecule has 2 aromatic carbocycles. The van der Waals surface area contributed by atoms with Crippen LogP contribution in [0.15, 0.2) is 42.5 Å². The third kappa shape index (κ3) is 3.47. The van der Waals surface area contributed by atoms with E-state index >= 15 is 0 Å². The summed E-state index contributed by atoms with van der Waals surface area (Å²) in [4.78, 5) is 0. The molecule has 0 saturated carbocycles. The highest BCUT2D eigenvalue weighted by Gasteiger charge is 2.00. The molecule has 2 nitrogen and oxygen atoms in total. The lowest BCUT2D eigenvalue weighted by Crippen LogP contribution is -2.00. The van der Waals surface area contributed by atoms with Crippen LogP contribution in [-0.2, 0) is 0 Å². The molecule has 0 spiro atoms. The molecule has 0 saturated heterocycles. The standard InChI is InChI=1S/C16H21NO/c17-12-5-1-2-6-13-18-16-11-7-9-14-8-3-4-10-15(14)16/h3-4,7-11H,1-2,5-6,12-13,17H2. The Kier molecular flexibility index (Phi) is 5.03. The van der Waals surface area contributed by atoms with E-state index in [0.29, 0.717) is 0 Å². The molecule has 0 aliphatic carbocycles. The lowest BCUT2D eigenvalue weighted by atomic mass is 10.1. The smallest absolute Gasteiger partial charge is 0.127 e. The van der Waals surface area contributed by atoms with Crippen molar-refractivity contribution in [2.45, 2.75) is 25.7 Å². The molecule has 18 heavy (non-hydrogen) atoms. The molecule has 0 aliphatic heterocycles.